The van der Waals surface area contributed by atoms with E-state index in [1.54, 1.807) is 0 Å². The Morgan fingerprint density at radius 3 is 2.43 bits per heavy atom. The van der Waals surface area contributed by atoms with Crippen molar-refractivity contribution in [1.29, 1.82) is 0 Å². The molecule has 106 valence electrons. The number of rotatable bonds is 4. The maximum absolute atomic E-state index is 5.81. The fraction of sp³-hybridized carbons (Fsp3) is 0.263. The number of anilines is 1. The lowest BCUT2D eigenvalue weighted by Gasteiger charge is -2.41. The number of hydrogen-bond acceptors (Lipinski definition) is 2. The third-order valence-corrected chi connectivity index (χ3v) is 4.55. The van der Waals surface area contributed by atoms with Gasteiger partial charge in [-0.1, -0.05) is 30.4 Å². The van der Waals surface area contributed by atoms with Crippen LogP contribution in [0, 0.1) is 11.8 Å². The minimum atomic E-state index is 0.606. The first kappa shape index (κ1) is 12.5. The largest absolute Gasteiger partial charge is 0.457 e. The zero-order valence-corrected chi connectivity index (χ0v) is 11.9. The Morgan fingerprint density at radius 1 is 0.905 bits per heavy atom. The van der Waals surface area contributed by atoms with Crippen LogP contribution < -0.4 is 10.1 Å². The fourth-order valence-corrected chi connectivity index (χ4v) is 3.34. The van der Waals surface area contributed by atoms with Crippen molar-refractivity contribution in [3.05, 3.63) is 66.7 Å². The zero-order valence-electron chi connectivity index (χ0n) is 11.9. The van der Waals surface area contributed by atoms with Crippen LogP contribution in [0.1, 0.15) is 12.8 Å². The van der Waals surface area contributed by atoms with Crippen LogP contribution in [0.2, 0.25) is 0 Å². The van der Waals surface area contributed by atoms with Crippen molar-refractivity contribution in [1.82, 2.24) is 0 Å². The minimum absolute atomic E-state index is 0.606. The van der Waals surface area contributed by atoms with E-state index in [2.05, 4.69) is 29.6 Å². The van der Waals surface area contributed by atoms with E-state index in [4.69, 9.17) is 4.74 Å². The molecule has 1 saturated carbocycles. The van der Waals surface area contributed by atoms with Gasteiger partial charge in [0.05, 0.1) is 0 Å². The number of ether oxygens (including phenoxy) is 1. The molecule has 0 saturated heterocycles. The number of benzene rings is 2. The summed E-state index contributed by atoms with van der Waals surface area (Å²) in [7, 11) is 0. The monoisotopic (exact) mass is 277 g/mol. The topological polar surface area (TPSA) is 21.3 Å². The van der Waals surface area contributed by atoms with Crippen molar-refractivity contribution in [2.24, 2.45) is 11.8 Å². The molecular weight excluding hydrogens is 258 g/mol. The smallest absolute Gasteiger partial charge is 0.127 e. The lowest BCUT2D eigenvalue weighted by Crippen LogP contribution is -2.43. The Hall–Kier alpha value is -2.22. The molecule has 0 spiro atoms. The highest BCUT2D eigenvalue weighted by Gasteiger charge is 2.40. The van der Waals surface area contributed by atoms with Crippen LogP contribution >= 0.6 is 0 Å². The molecule has 0 aromatic heterocycles. The first-order chi connectivity index (χ1) is 10.4. The molecule has 0 radical (unpaired) electrons. The van der Waals surface area contributed by atoms with Crippen LogP contribution in [-0.2, 0) is 0 Å². The van der Waals surface area contributed by atoms with E-state index in [-0.39, 0.29) is 0 Å². The molecule has 3 atom stereocenters. The second-order valence-corrected chi connectivity index (χ2v) is 5.93. The van der Waals surface area contributed by atoms with E-state index in [1.165, 1.54) is 18.5 Å². The van der Waals surface area contributed by atoms with Crippen molar-refractivity contribution in [3.63, 3.8) is 0 Å². The molecule has 0 amide bonds. The summed E-state index contributed by atoms with van der Waals surface area (Å²) in [4.78, 5) is 0. The third-order valence-electron chi connectivity index (χ3n) is 4.55. The lowest BCUT2D eigenvalue weighted by atomic mass is 9.71. The molecule has 2 heteroatoms. The van der Waals surface area contributed by atoms with Crippen LogP contribution in [-0.4, -0.2) is 6.04 Å². The Morgan fingerprint density at radius 2 is 1.67 bits per heavy atom. The molecule has 2 aliphatic carbocycles. The van der Waals surface area contributed by atoms with E-state index >= 15 is 0 Å². The molecule has 0 heterocycles. The minimum Gasteiger partial charge on any atom is -0.457 e. The van der Waals surface area contributed by atoms with Gasteiger partial charge in [0, 0.05) is 17.6 Å². The molecule has 1 N–H and O–H groups in total. The number of hydrogen-bond donors (Lipinski definition) is 1. The predicted octanol–water partition coefficient (Wildman–Crippen LogP) is 4.86. The van der Waals surface area contributed by atoms with E-state index in [0.717, 1.165) is 23.3 Å². The molecule has 21 heavy (non-hydrogen) atoms. The van der Waals surface area contributed by atoms with Gasteiger partial charge in [-0.05, 0) is 55.2 Å². The summed E-state index contributed by atoms with van der Waals surface area (Å²) in [5, 5.41) is 3.63. The van der Waals surface area contributed by atoms with Crippen molar-refractivity contribution < 1.29 is 4.74 Å². The van der Waals surface area contributed by atoms with Crippen LogP contribution in [0.4, 0.5) is 5.69 Å². The summed E-state index contributed by atoms with van der Waals surface area (Å²) in [5.74, 6) is 3.38. The van der Waals surface area contributed by atoms with Crippen molar-refractivity contribution in [3.8, 4) is 11.5 Å². The van der Waals surface area contributed by atoms with E-state index in [0.29, 0.717) is 6.04 Å². The molecule has 3 unspecified atom stereocenters. The van der Waals surface area contributed by atoms with Crippen molar-refractivity contribution in [2.75, 3.05) is 5.32 Å². The molecule has 2 aliphatic rings. The standard InChI is InChI=1S/C19H19NO/c1-2-6-16(7-3-1)21-17-11-9-15(10-12-17)20-19-13-14-5-4-8-18(14)19/h1-4,6-12,14,18-20H,5,13H2. The van der Waals surface area contributed by atoms with Gasteiger partial charge < -0.3 is 10.1 Å². The molecule has 0 aliphatic heterocycles. The van der Waals surface area contributed by atoms with E-state index in [9.17, 15) is 0 Å². The quantitative estimate of drug-likeness (QED) is 0.806. The molecule has 4 rings (SSSR count). The van der Waals surface area contributed by atoms with Crippen molar-refractivity contribution >= 4 is 5.69 Å². The maximum atomic E-state index is 5.81. The highest BCUT2D eigenvalue weighted by molar-refractivity contribution is 5.49. The van der Waals surface area contributed by atoms with E-state index in [1.807, 2.05) is 42.5 Å². The van der Waals surface area contributed by atoms with Gasteiger partial charge in [-0.25, -0.2) is 0 Å². The predicted molar refractivity (Wildman–Crippen MR) is 85.7 cm³/mol. The van der Waals surface area contributed by atoms with Gasteiger partial charge in [-0.15, -0.1) is 0 Å². The Labute approximate surface area is 125 Å². The molecule has 0 bridgehead atoms. The zero-order chi connectivity index (χ0) is 14.1. The molecular formula is C19H19NO. The Bertz CT molecular complexity index is 632. The number of para-hydroxylation sites is 1. The van der Waals surface area contributed by atoms with Gasteiger partial charge in [0.25, 0.3) is 0 Å². The van der Waals surface area contributed by atoms with Gasteiger partial charge in [-0.2, -0.15) is 0 Å². The van der Waals surface area contributed by atoms with Crippen LogP contribution in [0.3, 0.4) is 0 Å². The SMILES string of the molecule is C1=CC2C(C1)CC2Nc1ccc(Oc2ccccc2)cc1. The van der Waals surface area contributed by atoms with Gasteiger partial charge in [0.1, 0.15) is 11.5 Å². The van der Waals surface area contributed by atoms with Crippen LogP contribution in [0.15, 0.2) is 66.7 Å². The molecule has 2 aromatic rings. The molecule has 2 aromatic carbocycles. The summed E-state index contributed by atoms with van der Waals surface area (Å²) in [6.07, 6.45) is 7.26. The number of nitrogens with one attached hydrogen (secondary N) is 1. The highest BCUT2D eigenvalue weighted by atomic mass is 16.5. The van der Waals surface area contributed by atoms with Gasteiger partial charge in [0.15, 0.2) is 0 Å². The van der Waals surface area contributed by atoms with Crippen molar-refractivity contribution in [2.45, 2.75) is 18.9 Å². The van der Waals surface area contributed by atoms with Crippen LogP contribution in [0.25, 0.3) is 0 Å². The lowest BCUT2D eigenvalue weighted by molar-refractivity contribution is 0.218. The summed E-state index contributed by atoms with van der Waals surface area (Å²) >= 11 is 0. The second kappa shape index (κ2) is 5.28. The highest BCUT2D eigenvalue weighted by Crippen LogP contribution is 2.44. The van der Waals surface area contributed by atoms with Gasteiger partial charge in [-0.3, -0.25) is 0 Å². The summed E-state index contributed by atoms with van der Waals surface area (Å²) in [6.45, 7) is 0. The van der Waals surface area contributed by atoms with Crippen LogP contribution in [0.5, 0.6) is 11.5 Å². The molecule has 1 fully saturated rings. The summed E-state index contributed by atoms with van der Waals surface area (Å²) in [5.41, 5.74) is 1.18. The summed E-state index contributed by atoms with van der Waals surface area (Å²) in [6, 6.07) is 18.7. The van der Waals surface area contributed by atoms with E-state index < -0.39 is 0 Å². The molecule has 2 nitrogen and oxygen atoms in total. The first-order valence-corrected chi connectivity index (χ1v) is 7.65. The number of fused-ring (bicyclic) bond motifs is 1. The average molecular weight is 277 g/mol. The Balaban J connectivity index is 1.39. The average Bonchev–Trinajstić information content (AvgIpc) is 2.89. The fourth-order valence-electron chi connectivity index (χ4n) is 3.34. The number of allylic oxidation sites excluding steroid dienone is 1. The summed E-state index contributed by atoms with van der Waals surface area (Å²) < 4.78 is 5.81. The Kier molecular flexibility index (Phi) is 3.15. The first-order valence-electron chi connectivity index (χ1n) is 7.65. The second-order valence-electron chi connectivity index (χ2n) is 5.93. The van der Waals surface area contributed by atoms with Gasteiger partial charge in [0.2, 0.25) is 0 Å². The maximum Gasteiger partial charge on any atom is 0.127 e. The normalized spacial score (nSPS) is 26.0. The van der Waals surface area contributed by atoms with Gasteiger partial charge >= 0.3 is 0 Å². The third kappa shape index (κ3) is 2.54.